The number of nitrogens with one attached hydrogen (secondary N) is 3. The summed E-state index contributed by atoms with van der Waals surface area (Å²) in [5, 5.41) is 6.04. The van der Waals surface area contributed by atoms with Crippen molar-refractivity contribution in [3.8, 4) is 5.75 Å². The van der Waals surface area contributed by atoms with E-state index in [4.69, 9.17) is 4.74 Å². The first-order valence-corrected chi connectivity index (χ1v) is 9.69. The van der Waals surface area contributed by atoms with Crippen LogP contribution in [0.4, 0.5) is 0 Å². The molecule has 138 valence electrons. The first kappa shape index (κ1) is 19.4. The molecule has 1 aliphatic heterocycles. The Morgan fingerprint density at radius 3 is 2.72 bits per heavy atom. The standard InChI is InChI=1S/C17H25N3O4S/c1-12(2)20-25(22,23)16-10-14(4-5-15(16)24-3)17(21)19-11-13-6-8-18-9-7-13/h4-6,10,12,18,20H,7-9,11H2,1-3H3,(H,19,21). The molecule has 0 unspecified atom stereocenters. The molecule has 3 N–H and O–H groups in total. The van der Waals surface area contributed by atoms with E-state index in [0.29, 0.717) is 6.54 Å². The molecule has 0 saturated heterocycles. The smallest absolute Gasteiger partial charge is 0.251 e. The molecule has 1 amide bonds. The fourth-order valence-corrected chi connectivity index (χ4v) is 3.97. The van der Waals surface area contributed by atoms with Gasteiger partial charge in [0.2, 0.25) is 10.0 Å². The van der Waals surface area contributed by atoms with Crippen molar-refractivity contribution >= 4 is 15.9 Å². The van der Waals surface area contributed by atoms with Crippen molar-refractivity contribution in [3.05, 3.63) is 35.4 Å². The molecule has 7 nitrogen and oxygen atoms in total. The first-order valence-electron chi connectivity index (χ1n) is 8.20. The zero-order valence-electron chi connectivity index (χ0n) is 14.8. The molecule has 0 aliphatic carbocycles. The summed E-state index contributed by atoms with van der Waals surface area (Å²) in [6.07, 6.45) is 2.95. The SMILES string of the molecule is COc1ccc(C(=O)NCC2=CCNCC2)cc1S(=O)(=O)NC(C)C. The Hall–Kier alpha value is -1.90. The topological polar surface area (TPSA) is 96.5 Å². The van der Waals surface area contributed by atoms with Crippen molar-refractivity contribution < 1.29 is 17.9 Å². The molecule has 0 bridgehead atoms. The van der Waals surface area contributed by atoms with Crippen LogP contribution in [0.5, 0.6) is 5.75 Å². The summed E-state index contributed by atoms with van der Waals surface area (Å²) < 4.78 is 32.6. The van der Waals surface area contributed by atoms with Crippen LogP contribution in [0.1, 0.15) is 30.6 Å². The molecule has 25 heavy (non-hydrogen) atoms. The molecule has 8 heteroatoms. The molecule has 0 fully saturated rings. The van der Waals surface area contributed by atoms with E-state index in [1.807, 2.05) is 0 Å². The van der Waals surface area contributed by atoms with Crippen LogP contribution in [0, 0.1) is 0 Å². The lowest BCUT2D eigenvalue weighted by molar-refractivity contribution is 0.0956. The Labute approximate surface area is 148 Å². The zero-order valence-corrected chi connectivity index (χ0v) is 15.6. The molecule has 1 aromatic rings. The Morgan fingerprint density at radius 1 is 1.36 bits per heavy atom. The zero-order chi connectivity index (χ0) is 18.4. The average Bonchev–Trinajstić information content (AvgIpc) is 2.59. The highest BCUT2D eigenvalue weighted by atomic mass is 32.2. The summed E-state index contributed by atoms with van der Waals surface area (Å²) in [4.78, 5) is 12.3. The van der Waals surface area contributed by atoms with Gasteiger partial charge in [0.15, 0.2) is 0 Å². The average molecular weight is 367 g/mol. The highest BCUT2D eigenvalue weighted by Gasteiger charge is 2.22. The third-order valence-electron chi connectivity index (χ3n) is 3.74. The predicted molar refractivity (Wildman–Crippen MR) is 96.4 cm³/mol. The summed E-state index contributed by atoms with van der Waals surface area (Å²) in [6.45, 7) is 5.62. The lowest BCUT2D eigenvalue weighted by Crippen LogP contribution is -2.31. The van der Waals surface area contributed by atoms with Crippen LogP contribution in [-0.4, -0.2) is 47.1 Å². The van der Waals surface area contributed by atoms with Crippen LogP contribution < -0.4 is 20.1 Å². The molecule has 0 spiro atoms. The number of hydrogen-bond donors (Lipinski definition) is 3. The Kier molecular flexibility index (Phi) is 6.57. The Morgan fingerprint density at radius 2 is 2.12 bits per heavy atom. The molecule has 0 atom stereocenters. The van der Waals surface area contributed by atoms with E-state index in [-0.39, 0.29) is 28.2 Å². The van der Waals surface area contributed by atoms with Crippen LogP contribution in [-0.2, 0) is 10.0 Å². The van der Waals surface area contributed by atoms with Crippen molar-refractivity contribution in [2.75, 3.05) is 26.7 Å². The number of ether oxygens (including phenoxy) is 1. The predicted octanol–water partition coefficient (Wildman–Crippen LogP) is 1.03. The summed E-state index contributed by atoms with van der Waals surface area (Å²) in [5.74, 6) is -0.117. The molecule has 1 aliphatic rings. The van der Waals surface area contributed by atoms with Gasteiger partial charge >= 0.3 is 0 Å². The molecule has 1 aromatic carbocycles. The first-order chi connectivity index (χ1) is 11.8. The molecule has 2 rings (SSSR count). The van der Waals surface area contributed by atoms with E-state index in [2.05, 4.69) is 21.4 Å². The van der Waals surface area contributed by atoms with E-state index < -0.39 is 10.0 Å². The number of sulfonamides is 1. The van der Waals surface area contributed by atoms with Gasteiger partial charge in [0.25, 0.3) is 5.91 Å². The van der Waals surface area contributed by atoms with Gasteiger partial charge in [0, 0.05) is 24.7 Å². The lowest BCUT2D eigenvalue weighted by Gasteiger charge is -2.16. The van der Waals surface area contributed by atoms with E-state index in [0.717, 1.165) is 25.1 Å². The molecular weight excluding hydrogens is 342 g/mol. The van der Waals surface area contributed by atoms with E-state index >= 15 is 0 Å². The third-order valence-corrected chi connectivity index (χ3v) is 5.42. The van der Waals surface area contributed by atoms with Gasteiger partial charge in [0.05, 0.1) is 7.11 Å². The molecular formula is C17H25N3O4S. The largest absolute Gasteiger partial charge is 0.495 e. The second kappa shape index (κ2) is 8.46. The number of methoxy groups -OCH3 is 1. The fourth-order valence-electron chi connectivity index (χ4n) is 2.53. The van der Waals surface area contributed by atoms with Gasteiger partial charge in [-0.3, -0.25) is 4.79 Å². The van der Waals surface area contributed by atoms with Gasteiger partial charge in [0.1, 0.15) is 10.6 Å². The van der Waals surface area contributed by atoms with Crippen molar-refractivity contribution in [1.29, 1.82) is 0 Å². The monoisotopic (exact) mass is 367 g/mol. The normalized spacial score (nSPS) is 15.0. The van der Waals surface area contributed by atoms with Gasteiger partial charge in [-0.25, -0.2) is 13.1 Å². The van der Waals surface area contributed by atoms with Gasteiger partial charge in [-0.05, 0) is 45.0 Å². The van der Waals surface area contributed by atoms with Crippen LogP contribution in [0.2, 0.25) is 0 Å². The summed E-state index contributed by atoms with van der Waals surface area (Å²) >= 11 is 0. The quantitative estimate of drug-likeness (QED) is 0.626. The van der Waals surface area contributed by atoms with Crippen molar-refractivity contribution in [2.45, 2.75) is 31.2 Å². The van der Waals surface area contributed by atoms with Crippen molar-refractivity contribution in [1.82, 2.24) is 15.4 Å². The maximum absolute atomic E-state index is 12.5. The van der Waals surface area contributed by atoms with Crippen LogP contribution >= 0.6 is 0 Å². The van der Waals surface area contributed by atoms with Crippen LogP contribution in [0.25, 0.3) is 0 Å². The maximum Gasteiger partial charge on any atom is 0.251 e. The van der Waals surface area contributed by atoms with Crippen LogP contribution in [0.3, 0.4) is 0 Å². The number of hydrogen-bond acceptors (Lipinski definition) is 5. The van der Waals surface area contributed by atoms with Gasteiger partial charge < -0.3 is 15.4 Å². The number of amides is 1. The Bertz CT molecular complexity index is 757. The van der Waals surface area contributed by atoms with E-state index in [1.54, 1.807) is 19.9 Å². The number of rotatable bonds is 7. The minimum Gasteiger partial charge on any atom is -0.495 e. The van der Waals surface area contributed by atoms with Crippen molar-refractivity contribution in [2.24, 2.45) is 0 Å². The fraction of sp³-hybridized carbons (Fsp3) is 0.471. The van der Waals surface area contributed by atoms with Gasteiger partial charge in [-0.2, -0.15) is 0 Å². The second-order valence-corrected chi connectivity index (χ2v) is 7.82. The van der Waals surface area contributed by atoms with Gasteiger partial charge in [-0.1, -0.05) is 11.6 Å². The van der Waals surface area contributed by atoms with E-state index in [1.165, 1.54) is 19.2 Å². The summed E-state index contributed by atoms with van der Waals surface area (Å²) in [7, 11) is -2.37. The molecule has 0 radical (unpaired) electrons. The number of carbonyl (C=O) groups excluding carboxylic acids is 1. The van der Waals surface area contributed by atoms with E-state index in [9.17, 15) is 13.2 Å². The summed E-state index contributed by atoms with van der Waals surface area (Å²) in [6, 6.07) is 4.13. The third kappa shape index (κ3) is 5.29. The van der Waals surface area contributed by atoms with Crippen LogP contribution in [0.15, 0.2) is 34.7 Å². The minimum atomic E-state index is -3.77. The Balaban J connectivity index is 2.19. The highest BCUT2D eigenvalue weighted by Crippen LogP contribution is 2.25. The molecule has 1 heterocycles. The number of benzene rings is 1. The number of carbonyl (C=O) groups is 1. The highest BCUT2D eigenvalue weighted by molar-refractivity contribution is 7.89. The van der Waals surface area contributed by atoms with Crippen molar-refractivity contribution in [3.63, 3.8) is 0 Å². The lowest BCUT2D eigenvalue weighted by atomic mass is 10.1. The molecule has 0 saturated carbocycles. The summed E-state index contributed by atoms with van der Waals surface area (Å²) in [5.41, 5.74) is 1.44. The second-order valence-electron chi connectivity index (χ2n) is 6.14. The molecule has 0 aromatic heterocycles. The minimum absolute atomic E-state index is 0.0440. The maximum atomic E-state index is 12.5. The van der Waals surface area contributed by atoms with Gasteiger partial charge in [-0.15, -0.1) is 0 Å².